The molecule has 3 aromatic rings. The van der Waals surface area contributed by atoms with Crippen LogP contribution in [0.2, 0.25) is 10.0 Å². The fraction of sp³-hybridized carbons (Fsp3) is 0. The molecule has 2 aromatic carbocycles. The van der Waals surface area contributed by atoms with Crippen molar-refractivity contribution in [1.29, 1.82) is 0 Å². The minimum Gasteiger partial charge on any atom is -0.321 e. The zero-order valence-electron chi connectivity index (χ0n) is 12.3. The molecule has 1 amide bonds. The summed E-state index contributed by atoms with van der Waals surface area (Å²) in [6.45, 7) is 0. The van der Waals surface area contributed by atoms with Crippen LogP contribution in [0.5, 0.6) is 0 Å². The Morgan fingerprint density at radius 2 is 1.71 bits per heavy atom. The minimum absolute atomic E-state index is 0.277. The summed E-state index contributed by atoms with van der Waals surface area (Å²) in [5.41, 5.74) is 1.04. The maximum atomic E-state index is 12.8. The van der Waals surface area contributed by atoms with Crippen LogP contribution >= 0.6 is 34.5 Å². The second-order valence-corrected chi connectivity index (χ2v) is 6.72. The highest BCUT2D eigenvalue weighted by Crippen LogP contribution is 2.27. The first kappa shape index (κ1) is 16.7. The first-order chi connectivity index (χ1) is 11.6. The maximum Gasteiger partial charge on any atom is 0.265 e. The standard InChI is InChI=1S/C18H11Cl2NO2S/c19-11-7-8-15(21-18(23)16-6-3-9-24-16)13(10-11)17(22)12-4-1-2-5-14(12)20/h1-10H,(H,21,23). The summed E-state index contributed by atoms with van der Waals surface area (Å²) in [6.07, 6.45) is 0. The van der Waals surface area contributed by atoms with E-state index < -0.39 is 0 Å². The average molecular weight is 376 g/mol. The molecule has 0 aliphatic heterocycles. The SMILES string of the molecule is O=C(Nc1ccc(Cl)cc1C(=O)c1ccccc1Cl)c1cccs1. The molecule has 0 saturated heterocycles. The van der Waals surface area contributed by atoms with Gasteiger partial charge >= 0.3 is 0 Å². The molecule has 0 bridgehead atoms. The number of thiophene rings is 1. The predicted molar refractivity (Wildman–Crippen MR) is 98.6 cm³/mol. The third kappa shape index (κ3) is 3.51. The van der Waals surface area contributed by atoms with Crippen molar-refractivity contribution in [2.24, 2.45) is 0 Å². The normalized spacial score (nSPS) is 10.4. The largest absolute Gasteiger partial charge is 0.321 e. The van der Waals surface area contributed by atoms with Crippen molar-refractivity contribution in [3.63, 3.8) is 0 Å². The zero-order valence-corrected chi connectivity index (χ0v) is 14.6. The van der Waals surface area contributed by atoms with Gasteiger partial charge in [0, 0.05) is 16.1 Å². The van der Waals surface area contributed by atoms with Crippen molar-refractivity contribution in [2.45, 2.75) is 0 Å². The van der Waals surface area contributed by atoms with Gasteiger partial charge in [0.15, 0.2) is 5.78 Å². The van der Waals surface area contributed by atoms with Gasteiger partial charge in [-0.3, -0.25) is 9.59 Å². The molecular weight excluding hydrogens is 365 g/mol. The van der Waals surface area contributed by atoms with Crippen molar-refractivity contribution in [1.82, 2.24) is 0 Å². The van der Waals surface area contributed by atoms with Crippen molar-refractivity contribution in [3.8, 4) is 0 Å². The second-order valence-electron chi connectivity index (χ2n) is 4.93. The molecule has 120 valence electrons. The number of nitrogens with one attached hydrogen (secondary N) is 1. The van der Waals surface area contributed by atoms with Gasteiger partial charge in [-0.1, -0.05) is 41.4 Å². The molecule has 1 aromatic heterocycles. The molecule has 0 atom stereocenters. The minimum atomic E-state index is -0.301. The van der Waals surface area contributed by atoms with Crippen LogP contribution in [-0.2, 0) is 0 Å². The summed E-state index contributed by atoms with van der Waals surface area (Å²) in [7, 11) is 0. The monoisotopic (exact) mass is 375 g/mol. The first-order valence-electron chi connectivity index (χ1n) is 7.00. The molecule has 3 nitrogen and oxygen atoms in total. The number of rotatable bonds is 4. The van der Waals surface area contributed by atoms with Crippen LogP contribution in [0.1, 0.15) is 25.6 Å². The van der Waals surface area contributed by atoms with Crippen molar-refractivity contribution >= 4 is 51.9 Å². The van der Waals surface area contributed by atoms with Crippen LogP contribution in [-0.4, -0.2) is 11.7 Å². The molecule has 6 heteroatoms. The molecular formula is C18H11Cl2NO2S. The summed E-state index contributed by atoms with van der Waals surface area (Å²) in [4.78, 5) is 25.6. The average Bonchev–Trinajstić information content (AvgIpc) is 3.11. The number of benzene rings is 2. The van der Waals surface area contributed by atoms with E-state index in [-0.39, 0.29) is 11.7 Å². The summed E-state index contributed by atoms with van der Waals surface area (Å²) in [5, 5.41) is 5.32. The van der Waals surface area contributed by atoms with E-state index >= 15 is 0 Å². The van der Waals surface area contributed by atoms with E-state index in [0.29, 0.717) is 31.7 Å². The summed E-state index contributed by atoms with van der Waals surface area (Å²) in [5.74, 6) is -0.579. The lowest BCUT2D eigenvalue weighted by Crippen LogP contribution is -2.14. The first-order valence-corrected chi connectivity index (χ1v) is 8.63. The van der Waals surface area contributed by atoms with Gasteiger partial charge < -0.3 is 5.32 Å². The van der Waals surface area contributed by atoms with E-state index in [0.717, 1.165) is 0 Å². The molecule has 1 N–H and O–H groups in total. The Kier molecular flexibility index (Phi) is 5.00. The Hall–Kier alpha value is -2.14. The second kappa shape index (κ2) is 7.18. The number of anilines is 1. The molecule has 0 radical (unpaired) electrons. The lowest BCUT2D eigenvalue weighted by molar-refractivity contribution is 0.103. The van der Waals surface area contributed by atoms with Gasteiger partial charge in [-0.15, -0.1) is 11.3 Å². The molecule has 0 spiro atoms. The summed E-state index contributed by atoms with van der Waals surface area (Å²) >= 11 is 13.5. The maximum absolute atomic E-state index is 12.8. The summed E-state index contributed by atoms with van der Waals surface area (Å²) < 4.78 is 0. The number of ketones is 1. The van der Waals surface area contributed by atoms with Gasteiger partial charge in [-0.25, -0.2) is 0 Å². The molecule has 0 fully saturated rings. The fourth-order valence-electron chi connectivity index (χ4n) is 2.20. The number of carbonyl (C=O) groups excluding carboxylic acids is 2. The van der Waals surface area contributed by atoms with Crippen LogP contribution < -0.4 is 5.32 Å². The number of hydrogen-bond acceptors (Lipinski definition) is 3. The third-order valence-electron chi connectivity index (χ3n) is 3.34. The molecule has 0 saturated carbocycles. The Bertz CT molecular complexity index is 907. The fourth-order valence-corrected chi connectivity index (χ4v) is 3.21. The van der Waals surface area contributed by atoms with Gasteiger partial charge in [-0.05, 0) is 41.8 Å². The van der Waals surface area contributed by atoms with Gasteiger partial charge in [0.2, 0.25) is 0 Å². The number of amides is 1. The smallest absolute Gasteiger partial charge is 0.265 e. The highest BCUT2D eigenvalue weighted by Gasteiger charge is 2.18. The predicted octanol–water partition coefficient (Wildman–Crippen LogP) is 5.54. The summed E-state index contributed by atoms with van der Waals surface area (Å²) in [6, 6.07) is 15.0. The quantitative estimate of drug-likeness (QED) is 0.608. The van der Waals surface area contributed by atoms with Crippen LogP contribution in [0.25, 0.3) is 0 Å². The van der Waals surface area contributed by atoms with Crippen molar-refractivity contribution in [2.75, 3.05) is 5.32 Å². The highest BCUT2D eigenvalue weighted by atomic mass is 35.5. The van der Waals surface area contributed by atoms with Crippen LogP contribution in [0.4, 0.5) is 5.69 Å². The molecule has 3 rings (SSSR count). The van der Waals surface area contributed by atoms with E-state index in [1.165, 1.54) is 17.4 Å². The Balaban J connectivity index is 1.98. The van der Waals surface area contributed by atoms with Gasteiger partial charge in [0.1, 0.15) is 0 Å². The van der Waals surface area contributed by atoms with Crippen molar-refractivity contribution in [3.05, 3.63) is 86.0 Å². The van der Waals surface area contributed by atoms with E-state index in [9.17, 15) is 9.59 Å². The lowest BCUT2D eigenvalue weighted by Gasteiger charge is -2.11. The third-order valence-corrected chi connectivity index (χ3v) is 4.77. The van der Waals surface area contributed by atoms with E-state index in [1.54, 1.807) is 48.5 Å². The highest BCUT2D eigenvalue weighted by molar-refractivity contribution is 7.12. The molecule has 0 aliphatic rings. The van der Waals surface area contributed by atoms with E-state index in [2.05, 4.69) is 5.32 Å². The van der Waals surface area contributed by atoms with Gasteiger partial charge in [0.05, 0.1) is 15.6 Å². The van der Waals surface area contributed by atoms with Crippen LogP contribution in [0, 0.1) is 0 Å². The topological polar surface area (TPSA) is 46.2 Å². The Morgan fingerprint density at radius 3 is 2.42 bits per heavy atom. The molecule has 1 heterocycles. The Morgan fingerprint density at radius 1 is 0.917 bits per heavy atom. The van der Waals surface area contributed by atoms with E-state index in [4.69, 9.17) is 23.2 Å². The number of hydrogen-bond donors (Lipinski definition) is 1. The van der Waals surface area contributed by atoms with Crippen LogP contribution in [0.3, 0.4) is 0 Å². The van der Waals surface area contributed by atoms with Crippen LogP contribution in [0.15, 0.2) is 60.0 Å². The number of halogens is 2. The van der Waals surface area contributed by atoms with Gasteiger partial charge in [0.25, 0.3) is 5.91 Å². The van der Waals surface area contributed by atoms with E-state index in [1.807, 2.05) is 5.38 Å². The van der Waals surface area contributed by atoms with Crippen molar-refractivity contribution < 1.29 is 9.59 Å². The Labute approximate surface area is 152 Å². The molecule has 0 unspecified atom stereocenters. The molecule has 0 aliphatic carbocycles. The molecule has 24 heavy (non-hydrogen) atoms. The van der Waals surface area contributed by atoms with Gasteiger partial charge in [-0.2, -0.15) is 0 Å². The lowest BCUT2D eigenvalue weighted by atomic mass is 10.0. The zero-order chi connectivity index (χ0) is 17.1. The number of carbonyl (C=O) groups is 2.